The Morgan fingerprint density at radius 1 is 1.12 bits per heavy atom. The van der Waals surface area contributed by atoms with Gasteiger partial charge in [0, 0.05) is 35.1 Å². The molecular weight excluding hydrogens is 452 g/mol. The molecule has 34 heavy (non-hydrogen) atoms. The van der Waals surface area contributed by atoms with Gasteiger partial charge in [0.2, 0.25) is 0 Å². The molecule has 0 radical (unpaired) electrons. The first-order chi connectivity index (χ1) is 16.4. The molecule has 2 N–H and O–H groups in total. The number of anilines is 1. The highest BCUT2D eigenvalue weighted by atomic mass is 32.1. The van der Waals surface area contributed by atoms with Crippen LogP contribution in [0, 0.1) is 0 Å². The molecule has 2 aromatic heterocycles. The van der Waals surface area contributed by atoms with Crippen LogP contribution in [0.3, 0.4) is 0 Å². The minimum Gasteiger partial charge on any atom is -0.468 e. The van der Waals surface area contributed by atoms with E-state index in [0.717, 1.165) is 11.3 Å². The number of thiazole rings is 1. The van der Waals surface area contributed by atoms with Crippen molar-refractivity contribution in [3.05, 3.63) is 77.1 Å². The molecule has 1 aliphatic rings. The van der Waals surface area contributed by atoms with Gasteiger partial charge in [-0.1, -0.05) is 30.3 Å². The maximum absolute atomic E-state index is 13.6. The van der Waals surface area contributed by atoms with Gasteiger partial charge in [0.15, 0.2) is 5.13 Å². The van der Waals surface area contributed by atoms with E-state index in [-0.39, 0.29) is 0 Å². The Bertz CT molecular complexity index is 1210. The summed E-state index contributed by atoms with van der Waals surface area (Å²) in [4.78, 5) is 35.5. The van der Waals surface area contributed by atoms with Gasteiger partial charge in [-0.15, -0.1) is 11.3 Å². The Hall–Kier alpha value is -3.72. The average Bonchev–Trinajstić information content (AvgIpc) is 3.33. The molecule has 3 heterocycles. The van der Waals surface area contributed by atoms with E-state index >= 15 is 0 Å². The molecule has 0 saturated heterocycles. The van der Waals surface area contributed by atoms with E-state index in [1.807, 2.05) is 54.8 Å². The fraction of sp³-hybridized carbons (Fsp3) is 0.280. The summed E-state index contributed by atoms with van der Waals surface area (Å²) >= 11 is 1.38. The molecule has 4 rings (SSSR count). The maximum atomic E-state index is 13.6. The van der Waals surface area contributed by atoms with Gasteiger partial charge in [0.05, 0.1) is 31.5 Å². The van der Waals surface area contributed by atoms with Crippen molar-refractivity contribution in [2.24, 2.45) is 0 Å². The lowest BCUT2D eigenvalue weighted by Gasteiger charge is -2.47. The quantitative estimate of drug-likeness (QED) is 0.519. The number of carbonyl (C=O) groups is 2. The number of hydrogen-bond donors (Lipinski definition) is 2. The van der Waals surface area contributed by atoms with E-state index in [9.17, 15) is 9.59 Å². The number of pyridine rings is 1. The summed E-state index contributed by atoms with van der Waals surface area (Å²) in [6, 6.07) is 11.9. The molecule has 9 heteroatoms. The first kappa shape index (κ1) is 23.4. The third kappa shape index (κ3) is 3.92. The monoisotopic (exact) mass is 478 g/mol. The van der Waals surface area contributed by atoms with Crippen LogP contribution in [0.25, 0.3) is 11.3 Å². The molecular formula is C25H26N4O4S. The van der Waals surface area contributed by atoms with Crippen LogP contribution in [0.4, 0.5) is 5.13 Å². The fourth-order valence-electron chi connectivity index (χ4n) is 4.60. The number of nitrogens with one attached hydrogen (secondary N) is 2. The standard InChI is InChI=1S/C25H26N4O4S/c1-15-20(22(30)32-3)21(29-24-28-19(14-34-24)17-9-8-12-26-13-17)25(16(2)27-15,23(31)33-4)18-10-6-5-7-11-18/h5-14,16,21,27H,1-4H3,(H,28,29). The summed E-state index contributed by atoms with van der Waals surface area (Å²) < 4.78 is 10.5. The van der Waals surface area contributed by atoms with Gasteiger partial charge in [0.25, 0.3) is 0 Å². The SMILES string of the molecule is COC(=O)C1=C(C)NC(C)C(C(=O)OC)(c2ccccc2)C1Nc1nc(-c2cccnc2)cs1. The second kappa shape index (κ2) is 9.64. The van der Waals surface area contributed by atoms with Gasteiger partial charge in [-0.05, 0) is 31.5 Å². The summed E-state index contributed by atoms with van der Waals surface area (Å²) in [5.74, 6) is -1.02. The van der Waals surface area contributed by atoms with Gasteiger partial charge < -0.3 is 20.1 Å². The zero-order valence-corrected chi connectivity index (χ0v) is 20.2. The van der Waals surface area contributed by atoms with Crippen molar-refractivity contribution in [3.63, 3.8) is 0 Å². The van der Waals surface area contributed by atoms with Gasteiger partial charge >= 0.3 is 11.9 Å². The molecule has 0 spiro atoms. The van der Waals surface area contributed by atoms with Crippen molar-refractivity contribution in [3.8, 4) is 11.3 Å². The molecule has 3 unspecified atom stereocenters. The van der Waals surface area contributed by atoms with E-state index in [1.165, 1.54) is 25.6 Å². The molecule has 8 nitrogen and oxygen atoms in total. The lowest BCUT2D eigenvalue weighted by Crippen LogP contribution is -2.65. The van der Waals surface area contributed by atoms with Crippen LogP contribution in [0.5, 0.6) is 0 Å². The lowest BCUT2D eigenvalue weighted by atomic mass is 9.64. The Labute approximate surface area is 202 Å². The van der Waals surface area contributed by atoms with Crippen molar-refractivity contribution in [1.82, 2.24) is 15.3 Å². The Morgan fingerprint density at radius 3 is 2.53 bits per heavy atom. The van der Waals surface area contributed by atoms with Crippen molar-refractivity contribution >= 4 is 28.4 Å². The number of rotatable bonds is 6. The van der Waals surface area contributed by atoms with E-state index in [1.54, 1.807) is 19.3 Å². The summed E-state index contributed by atoms with van der Waals surface area (Å²) in [5.41, 5.74) is 1.97. The largest absolute Gasteiger partial charge is 0.468 e. The normalized spacial score (nSPS) is 22.0. The van der Waals surface area contributed by atoms with Gasteiger partial charge in [-0.25, -0.2) is 9.78 Å². The van der Waals surface area contributed by atoms with Crippen LogP contribution in [-0.2, 0) is 24.5 Å². The average molecular weight is 479 g/mol. The minimum absolute atomic E-state index is 0.313. The van der Waals surface area contributed by atoms with Crippen LogP contribution >= 0.6 is 11.3 Å². The predicted molar refractivity (Wildman–Crippen MR) is 130 cm³/mol. The van der Waals surface area contributed by atoms with E-state index in [4.69, 9.17) is 14.5 Å². The number of ether oxygens (including phenoxy) is 2. The first-order valence-electron chi connectivity index (χ1n) is 10.8. The van der Waals surface area contributed by atoms with E-state index in [0.29, 0.717) is 22.0 Å². The molecule has 3 aromatic rings. The molecule has 0 aliphatic carbocycles. The Morgan fingerprint density at radius 2 is 1.88 bits per heavy atom. The van der Waals surface area contributed by atoms with Crippen LogP contribution in [0.15, 0.2) is 71.5 Å². The van der Waals surface area contributed by atoms with Crippen molar-refractivity contribution in [1.29, 1.82) is 0 Å². The summed E-state index contributed by atoms with van der Waals surface area (Å²) in [6.07, 6.45) is 3.43. The summed E-state index contributed by atoms with van der Waals surface area (Å²) in [5, 5.41) is 9.15. The molecule has 0 fully saturated rings. The fourth-order valence-corrected chi connectivity index (χ4v) is 5.35. The van der Waals surface area contributed by atoms with Gasteiger partial charge in [0.1, 0.15) is 5.41 Å². The predicted octanol–water partition coefficient (Wildman–Crippen LogP) is 3.54. The summed E-state index contributed by atoms with van der Waals surface area (Å²) in [7, 11) is 2.67. The van der Waals surface area contributed by atoms with Crippen molar-refractivity contribution in [2.45, 2.75) is 31.3 Å². The highest BCUT2D eigenvalue weighted by Crippen LogP contribution is 2.43. The maximum Gasteiger partial charge on any atom is 0.337 e. The zero-order valence-electron chi connectivity index (χ0n) is 19.4. The molecule has 1 aliphatic heterocycles. The highest BCUT2D eigenvalue weighted by molar-refractivity contribution is 7.14. The third-order valence-corrected chi connectivity index (χ3v) is 6.95. The minimum atomic E-state index is -1.28. The molecule has 3 atom stereocenters. The van der Waals surface area contributed by atoms with Crippen LogP contribution in [-0.4, -0.2) is 48.2 Å². The second-order valence-corrected chi connectivity index (χ2v) is 8.84. The van der Waals surface area contributed by atoms with Gasteiger partial charge in [-0.2, -0.15) is 0 Å². The number of aromatic nitrogens is 2. The Balaban J connectivity index is 1.89. The number of methoxy groups -OCH3 is 2. The molecule has 0 amide bonds. The summed E-state index contributed by atoms with van der Waals surface area (Å²) in [6.45, 7) is 3.70. The third-order valence-electron chi connectivity index (χ3n) is 6.17. The molecule has 1 aromatic carbocycles. The van der Waals surface area contributed by atoms with Crippen LogP contribution in [0.2, 0.25) is 0 Å². The topological polar surface area (TPSA) is 102 Å². The highest BCUT2D eigenvalue weighted by Gasteiger charge is 2.58. The number of hydrogen-bond acceptors (Lipinski definition) is 9. The molecule has 0 bridgehead atoms. The molecule has 176 valence electrons. The number of benzene rings is 1. The number of carbonyl (C=O) groups excluding carboxylic acids is 2. The van der Waals surface area contributed by atoms with E-state index in [2.05, 4.69) is 15.6 Å². The van der Waals surface area contributed by atoms with E-state index < -0.39 is 29.4 Å². The van der Waals surface area contributed by atoms with Gasteiger partial charge in [-0.3, -0.25) is 9.78 Å². The molecule has 0 saturated carbocycles. The number of nitrogens with zero attached hydrogens (tertiary/aromatic N) is 2. The smallest absolute Gasteiger partial charge is 0.337 e. The number of esters is 2. The van der Waals surface area contributed by atoms with Crippen molar-refractivity contribution < 1.29 is 19.1 Å². The van der Waals surface area contributed by atoms with Crippen molar-refractivity contribution in [2.75, 3.05) is 19.5 Å². The lowest BCUT2D eigenvalue weighted by molar-refractivity contribution is -0.149. The Kier molecular flexibility index (Phi) is 6.65. The number of allylic oxidation sites excluding steroid dienone is 1. The first-order valence-corrected chi connectivity index (χ1v) is 11.6. The van der Waals surface area contributed by atoms with Crippen LogP contribution < -0.4 is 10.6 Å². The van der Waals surface area contributed by atoms with Crippen LogP contribution in [0.1, 0.15) is 19.4 Å². The second-order valence-electron chi connectivity index (χ2n) is 7.98. The zero-order chi connectivity index (χ0) is 24.3.